The second kappa shape index (κ2) is 6.40. The molecule has 0 spiro atoms. The third-order valence-electron chi connectivity index (χ3n) is 2.98. The lowest BCUT2D eigenvalue weighted by Crippen LogP contribution is -2.29. The molecule has 1 N–H and O–H groups in total. The molecular formula is C13H15N3O3S2. The molecule has 1 aromatic heterocycles. The van der Waals surface area contributed by atoms with Gasteiger partial charge in [-0.3, -0.25) is 19.2 Å². The zero-order chi connectivity index (χ0) is 15.6. The van der Waals surface area contributed by atoms with Gasteiger partial charge in [0.1, 0.15) is 4.32 Å². The molecule has 21 heavy (non-hydrogen) atoms. The Hall–Kier alpha value is -1.67. The Morgan fingerprint density at radius 2 is 2.29 bits per heavy atom. The standard InChI is InChI=1S/C13H15N3O3S2/c1-8-9(7-15(2)14-8)6-10-12(19)16(13(20)21-10)5-3-4-11(17)18/h6-7H,3-5H2,1-2H3,(H,17,18). The van der Waals surface area contributed by atoms with Crippen LogP contribution in [-0.4, -0.2) is 42.5 Å². The lowest BCUT2D eigenvalue weighted by Gasteiger charge is -2.13. The number of carboxylic acids is 1. The van der Waals surface area contributed by atoms with Crippen LogP contribution in [0.4, 0.5) is 0 Å². The summed E-state index contributed by atoms with van der Waals surface area (Å²) in [5.74, 6) is -1.04. The minimum absolute atomic E-state index is 0.0256. The molecular weight excluding hydrogens is 310 g/mol. The van der Waals surface area contributed by atoms with E-state index in [1.54, 1.807) is 10.8 Å². The first-order chi connectivity index (χ1) is 9.88. The van der Waals surface area contributed by atoms with Crippen LogP contribution in [-0.2, 0) is 16.6 Å². The highest BCUT2D eigenvalue weighted by Gasteiger charge is 2.31. The SMILES string of the molecule is Cc1nn(C)cc1C=C1SC(=S)N(CCCC(=O)O)C1=O. The van der Waals surface area contributed by atoms with Gasteiger partial charge >= 0.3 is 5.97 Å². The fourth-order valence-electron chi connectivity index (χ4n) is 1.98. The molecule has 6 nitrogen and oxygen atoms in total. The van der Waals surface area contributed by atoms with Crippen LogP contribution < -0.4 is 0 Å². The number of aryl methyl sites for hydroxylation is 2. The molecule has 1 aliphatic rings. The van der Waals surface area contributed by atoms with E-state index in [-0.39, 0.29) is 12.3 Å². The van der Waals surface area contributed by atoms with E-state index in [1.165, 1.54) is 16.7 Å². The number of thiocarbonyl (C=S) groups is 1. The smallest absolute Gasteiger partial charge is 0.303 e. The van der Waals surface area contributed by atoms with Crippen molar-refractivity contribution in [2.24, 2.45) is 7.05 Å². The van der Waals surface area contributed by atoms with Gasteiger partial charge in [-0.25, -0.2) is 0 Å². The van der Waals surface area contributed by atoms with Gasteiger partial charge in [0.15, 0.2) is 0 Å². The van der Waals surface area contributed by atoms with Gasteiger partial charge in [-0.05, 0) is 19.4 Å². The zero-order valence-electron chi connectivity index (χ0n) is 11.7. The maximum atomic E-state index is 12.3. The molecule has 2 rings (SSSR count). The van der Waals surface area contributed by atoms with Gasteiger partial charge in [0.25, 0.3) is 5.91 Å². The van der Waals surface area contributed by atoms with Crippen molar-refractivity contribution in [3.63, 3.8) is 0 Å². The Bertz CT molecular complexity index is 637. The highest BCUT2D eigenvalue weighted by molar-refractivity contribution is 8.26. The Morgan fingerprint density at radius 1 is 1.57 bits per heavy atom. The quantitative estimate of drug-likeness (QED) is 0.657. The average Bonchev–Trinajstić information content (AvgIpc) is 2.83. The van der Waals surface area contributed by atoms with Crippen LogP contribution >= 0.6 is 24.0 Å². The summed E-state index contributed by atoms with van der Waals surface area (Å²) >= 11 is 6.42. The molecule has 0 bridgehead atoms. The Morgan fingerprint density at radius 3 is 2.86 bits per heavy atom. The number of aliphatic carboxylic acids is 1. The predicted octanol–water partition coefficient (Wildman–Crippen LogP) is 1.79. The molecule has 0 unspecified atom stereocenters. The molecule has 0 aromatic carbocycles. The summed E-state index contributed by atoms with van der Waals surface area (Å²) in [5, 5.41) is 12.9. The normalized spacial score (nSPS) is 17.0. The molecule has 1 saturated heterocycles. The number of amides is 1. The van der Waals surface area contributed by atoms with E-state index < -0.39 is 5.97 Å². The van der Waals surface area contributed by atoms with Crippen LogP contribution in [0, 0.1) is 6.92 Å². The average molecular weight is 325 g/mol. The maximum absolute atomic E-state index is 12.3. The molecule has 0 aliphatic carbocycles. The number of nitrogens with zero attached hydrogens (tertiary/aromatic N) is 3. The van der Waals surface area contributed by atoms with Crippen LogP contribution in [0.5, 0.6) is 0 Å². The minimum Gasteiger partial charge on any atom is -0.481 e. The molecule has 0 radical (unpaired) electrons. The summed E-state index contributed by atoms with van der Waals surface area (Å²) in [6, 6.07) is 0. The molecule has 8 heteroatoms. The van der Waals surface area contributed by atoms with Crippen LogP contribution in [0.2, 0.25) is 0 Å². The molecule has 112 valence electrons. The fraction of sp³-hybridized carbons (Fsp3) is 0.385. The maximum Gasteiger partial charge on any atom is 0.303 e. The topological polar surface area (TPSA) is 75.4 Å². The number of hydrogen-bond acceptors (Lipinski definition) is 5. The summed E-state index contributed by atoms with van der Waals surface area (Å²) in [6.07, 6.45) is 4.03. The van der Waals surface area contributed by atoms with Gasteiger partial charge in [0.05, 0.1) is 10.6 Å². The van der Waals surface area contributed by atoms with Crippen LogP contribution in [0.15, 0.2) is 11.1 Å². The minimum atomic E-state index is -0.873. The van der Waals surface area contributed by atoms with E-state index in [2.05, 4.69) is 5.10 Å². The second-order valence-electron chi connectivity index (χ2n) is 4.67. The van der Waals surface area contributed by atoms with Crippen LogP contribution in [0.1, 0.15) is 24.1 Å². The largest absolute Gasteiger partial charge is 0.481 e. The van der Waals surface area contributed by atoms with Crippen LogP contribution in [0.25, 0.3) is 6.08 Å². The first kappa shape index (κ1) is 15.7. The van der Waals surface area contributed by atoms with Gasteiger partial charge in [0, 0.05) is 31.8 Å². The number of carbonyl (C=O) groups is 2. The number of rotatable bonds is 5. The summed E-state index contributed by atoms with van der Waals surface area (Å²) in [6.45, 7) is 2.21. The Kier molecular flexibility index (Phi) is 4.79. The molecule has 1 fully saturated rings. The highest BCUT2D eigenvalue weighted by Crippen LogP contribution is 2.33. The highest BCUT2D eigenvalue weighted by atomic mass is 32.2. The third-order valence-corrected chi connectivity index (χ3v) is 4.36. The molecule has 0 saturated carbocycles. The monoisotopic (exact) mass is 325 g/mol. The van der Waals surface area contributed by atoms with Crippen molar-refractivity contribution in [2.75, 3.05) is 6.54 Å². The third kappa shape index (κ3) is 3.70. The first-order valence-electron chi connectivity index (χ1n) is 6.36. The van der Waals surface area contributed by atoms with Crippen molar-refractivity contribution >= 4 is 46.3 Å². The van der Waals surface area contributed by atoms with Crippen molar-refractivity contribution in [2.45, 2.75) is 19.8 Å². The van der Waals surface area contributed by atoms with Gasteiger partial charge in [-0.2, -0.15) is 5.10 Å². The lowest BCUT2D eigenvalue weighted by atomic mass is 10.2. The number of carboxylic acid groups (broad SMARTS) is 1. The number of hydrogen-bond donors (Lipinski definition) is 1. The Balaban J connectivity index is 2.10. The van der Waals surface area contributed by atoms with Crippen molar-refractivity contribution < 1.29 is 14.7 Å². The predicted molar refractivity (Wildman–Crippen MR) is 84.7 cm³/mol. The van der Waals surface area contributed by atoms with Gasteiger partial charge in [-0.15, -0.1) is 0 Å². The van der Waals surface area contributed by atoms with E-state index >= 15 is 0 Å². The van der Waals surface area contributed by atoms with Gasteiger partial charge in [-0.1, -0.05) is 24.0 Å². The van der Waals surface area contributed by atoms with E-state index in [9.17, 15) is 9.59 Å². The molecule has 1 amide bonds. The molecule has 1 aromatic rings. The van der Waals surface area contributed by atoms with E-state index in [0.717, 1.165) is 11.3 Å². The Labute approximate surface area is 131 Å². The fourth-order valence-corrected chi connectivity index (χ4v) is 3.28. The van der Waals surface area contributed by atoms with Gasteiger partial charge in [0.2, 0.25) is 0 Å². The number of carbonyl (C=O) groups excluding carboxylic acids is 1. The van der Waals surface area contributed by atoms with Crippen molar-refractivity contribution in [3.8, 4) is 0 Å². The first-order valence-corrected chi connectivity index (χ1v) is 7.58. The zero-order valence-corrected chi connectivity index (χ0v) is 13.3. The lowest BCUT2D eigenvalue weighted by molar-refractivity contribution is -0.137. The second-order valence-corrected chi connectivity index (χ2v) is 6.35. The molecule has 1 aliphatic heterocycles. The van der Waals surface area contributed by atoms with Crippen molar-refractivity contribution in [1.29, 1.82) is 0 Å². The van der Waals surface area contributed by atoms with Crippen molar-refractivity contribution in [1.82, 2.24) is 14.7 Å². The van der Waals surface area contributed by atoms with E-state index in [0.29, 0.717) is 22.2 Å². The number of aromatic nitrogens is 2. The summed E-state index contributed by atoms with van der Waals surface area (Å²) < 4.78 is 2.16. The summed E-state index contributed by atoms with van der Waals surface area (Å²) in [4.78, 5) is 24.8. The van der Waals surface area contributed by atoms with Gasteiger partial charge < -0.3 is 5.11 Å². The summed E-state index contributed by atoms with van der Waals surface area (Å²) in [5.41, 5.74) is 1.72. The molecule has 2 heterocycles. The number of thioether (sulfide) groups is 1. The molecule has 0 atom stereocenters. The van der Waals surface area contributed by atoms with E-state index in [4.69, 9.17) is 17.3 Å². The van der Waals surface area contributed by atoms with E-state index in [1.807, 2.05) is 20.2 Å². The van der Waals surface area contributed by atoms with Crippen molar-refractivity contribution in [3.05, 3.63) is 22.4 Å². The summed E-state index contributed by atoms with van der Waals surface area (Å²) in [7, 11) is 1.82. The van der Waals surface area contributed by atoms with Crippen LogP contribution in [0.3, 0.4) is 0 Å².